The molecule has 2 aliphatic rings. The van der Waals surface area contributed by atoms with E-state index in [2.05, 4.69) is 22.1 Å². The topological polar surface area (TPSA) is 37.4 Å². The number of aromatic nitrogens is 1. The van der Waals surface area contributed by atoms with E-state index in [0.717, 1.165) is 11.6 Å². The minimum absolute atomic E-state index is 0.267. The number of halogens is 1. The summed E-state index contributed by atoms with van der Waals surface area (Å²) < 4.78 is 5.11. The van der Waals surface area contributed by atoms with E-state index < -0.39 is 0 Å². The lowest BCUT2D eigenvalue weighted by Gasteiger charge is -2.45. The Kier molecular flexibility index (Phi) is 5.21. The Bertz CT molecular complexity index is 499. The van der Waals surface area contributed by atoms with Gasteiger partial charge >= 0.3 is 0 Å². The minimum Gasteiger partial charge on any atom is -0.480 e. The molecule has 0 aromatic carbocycles. The molecule has 1 saturated carbocycles. The second-order valence-corrected chi connectivity index (χ2v) is 6.97. The normalized spacial score (nSPS) is 27.2. The zero-order valence-electron chi connectivity index (χ0n) is 13.5. The van der Waals surface area contributed by atoms with Crippen molar-refractivity contribution in [1.82, 2.24) is 15.2 Å². The Hall–Kier alpha value is -0.840. The summed E-state index contributed by atoms with van der Waals surface area (Å²) in [7, 11) is 1.59. The summed E-state index contributed by atoms with van der Waals surface area (Å²) in [5, 5.41) is 4.28. The van der Waals surface area contributed by atoms with Gasteiger partial charge in [-0.2, -0.15) is 0 Å². The summed E-state index contributed by atoms with van der Waals surface area (Å²) in [5.41, 5.74) is 1.12. The van der Waals surface area contributed by atoms with Gasteiger partial charge in [-0.25, -0.2) is 4.98 Å². The van der Waals surface area contributed by atoms with Gasteiger partial charge in [-0.05, 0) is 57.3 Å². The van der Waals surface area contributed by atoms with Crippen LogP contribution in [-0.4, -0.2) is 42.2 Å². The fraction of sp³-hybridized carbons (Fsp3) is 0.706. The molecule has 1 saturated heterocycles. The first-order valence-corrected chi connectivity index (χ1v) is 8.74. The summed E-state index contributed by atoms with van der Waals surface area (Å²) >= 11 is 6.16. The van der Waals surface area contributed by atoms with Crippen LogP contribution in [0.5, 0.6) is 5.88 Å². The van der Waals surface area contributed by atoms with Gasteiger partial charge in [0.1, 0.15) is 5.02 Å². The fourth-order valence-electron chi connectivity index (χ4n) is 3.58. The molecule has 22 heavy (non-hydrogen) atoms. The van der Waals surface area contributed by atoms with Crippen molar-refractivity contribution in [3.05, 3.63) is 22.8 Å². The summed E-state index contributed by atoms with van der Waals surface area (Å²) in [4.78, 5) is 6.93. The molecule has 1 atom stereocenters. The summed E-state index contributed by atoms with van der Waals surface area (Å²) in [6.07, 6.45) is 8.54. The van der Waals surface area contributed by atoms with Crippen LogP contribution in [0.4, 0.5) is 0 Å². The zero-order chi connectivity index (χ0) is 15.5. The second kappa shape index (κ2) is 7.16. The highest BCUT2D eigenvalue weighted by Gasteiger charge is 2.34. The number of likely N-dealkylation sites (tertiary alicyclic amines) is 1. The number of rotatable bonds is 5. The van der Waals surface area contributed by atoms with Crippen LogP contribution in [0, 0.1) is 0 Å². The number of nitrogens with zero attached hydrogens (tertiary/aromatic N) is 2. The van der Waals surface area contributed by atoms with E-state index in [9.17, 15) is 0 Å². The molecule has 1 aromatic rings. The molecule has 1 aromatic heterocycles. The van der Waals surface area contributed by atoms with E-state index in [1.807, 2.05) is 12.3 Å². The summed E-state index contributed by atoms with van der Waals surface area (Å²) in [5.74, 6) is 0.492. The van der Waals surface area contributed by atoms with Crippen molar-refractivity contribution in [3.8, 4) is 5.88 Å². The first-order chi connectivity index (χ1) is 10.7. The molecule has 2 fully saturated rings. The lowest BCUT2D eigenvalue weighted by atomic mass is 9.84. The van der Waals surface area contributed by atoms with Crippen molar-refractivity contribution < 1.29 is 4.74 Å². The van der Waals surface area contributed by atoms with Gasteiger partial charge in [-0.3, -0.25) is 0 Å². The number of pyridine rings is 1. The molecule has 2 heterocycles. The molecule has 0 spiro atoms. The van der Waals surface area contributed by atoms with Gasteiger partial charge < -0.3 is 15.0 Å². The Morgan fingerprint density at radius 3 is 2.68 bits per heavy atom. The molecule has 5 heteroatoms. The number of ether oxygens (including phenoxy) is 1. The summed E-state index contributed by atoms with van der Waals surface area (Å²) in [6.45, 7) is 4.77. The number of hydrogen-bond acceptors (Lipinski definition) is 4. The molecular formula is C17H26ClN3O. The predicted molar refractivity (Wildman–Crippen MR) is 89.6 cm³/mol. The average molecular weight is 324 g/mol. The number of methoxy groups -OCH3 is 1. The molecule has 1 aliphatic carbocycles. The van der Waals surface area contributed by atoms with E-state index >= 15 is 0 Å². The third-order valence-corrected chi connectivity index (χ3v) is 5.30. The first kappa shape index (κ1) is 16.0. The number of piperidine rings is 1. The van der Waals surface area contributed by atoms with Gasteiger partial charge in [-0.15, -0.1) is 0 Å². The standard InChI is InChI=1S/C17H26ClN3O/c1-12(13-8-16(18)17(22-2)19-11-13)20-14-9-15(10-14)21-6-4-3-5-7-21/h8,11-12,14-15,20H,3-7,9-10H2,1-2H3. The third-order valence-electron chi connectivity index (χ3n) is 5.03. The highest BCUT2D eigenvalue weighted by atomic mass is 35.5. The van der Waals surface area contributed by atoms with Crippen LogP contribution in [0.3, 0.4) is 0 Å². The Morgan fingerprint density at radius 2 is 2.05 bits per heavy atom. The SMILES string of the molecule is COc1ncc(C(C)NC2CC(N3CCCCC3)C2)cc1Cl. The Labute approximate surface area is 138 Å². The van der Waals surface area contributed by atoms with E-state index in [4.69, 9.17) is 16.3 Å². The predicted octanol–water partition coefficient (Wildman–Crippen LogP) is 3.41. The molecule has 1 N–H and O–H groups in total. The minimum atomic E-state index is 0.267. The van der Waals surface area contributed by atoms with Crippen LogP contribution in [0.25, 0.3) is 0 Å². The lowest BCUT2D eigenvalue weighted by molar-refractivity contribution is 0.0749. The van der Waals surface area contributed by atoms with Crippen molar-refractivity contribution in [2.45, 2.75) is 57.2 Å². The van der Waals surface area contributed by atoms with Crippen molar-refractivity contribution in [2.75, 3.05) is 20.2 Å². The molecule has 0 radical (unpaired) electrons. The largest absolute Gasteiger partial charge is 0.480 e. The van der Waals surface area contributed by atoms with Gasteiger partial charge in [0.25, 0.3) is 0 Å². The van der Waals surface area contributed by atoms with Gasteiger partial charge in [0.05, 0.1) is 7.11 Å². The molecule has 0 bridgehead atoms. The third kappa shape index (κ3) is 3.55. The monoisotopic (exact) mass is 323 g/mol. The zero-order valence-corrected chi connectivity index (χ0v) is 14.3. The molecular weight excluding hydrogens is 298 g/mol. The van der Waals surface area contributed by atoms with Crippen LogP contribution >= 0.6 is 11.6 Å². The maximum atomic E-state index is 6.16. The van der Waals surface area contributed by atoms with E-state index in [-0.39, 0.29) is 6.04 Å². The van der Waals surface area contributed by atoms with Crippen molar-refractivity contribution >= 4 is 11.6 Å². The maximum Gasteiger partial charge on any atom is 0.232 e. The van der Waals surface area contributed by atoms with Crippen molar-refractivity contribution in [3.63, 3.8) is 0 Å². The van der Waals surface area contributed by atoms with Gasteiger partial charge in [-0.1, -0.05) is 18.0 Å². The van der Waals surface area contributed by atoms with E-state index in [1.165, 1.54) is 45.2 Å². The van der Waals surface area contributed by atoms with Crippen molar-refractivity contribution in [1.29, 1.82) is 0 Å². The fourth-order valence-corrected chi connectivity index (χ4v) is 3.83. The van der Waals surface area contributed by atoms with Crippen LogP contribution in [0.1, 0.15) is 50.6 Å². The first-order valence-electron chi connectivity index (χ1n) is 8.37. The van der Waals surface area contributed by atoms with Crippen molar-refractivity contribution in [2.24, 2.45) is 0 Å². The molecule has 1 unspecified atom stereocenters. The molecule has 4 nitrogen and oxygen atoms in total. The van der Waals surface area contributed by atoms with Crippen LogP contribution in [0.15, 0.2) is 12.3 Å². The van der Waals surface area contributed by atoms with Crippen LogP contribution < -0.4 is 10.1 Å². The Morgan fingerprint density at radius 1 is 1.32 bits per heavy atom. The maximum absolute atomic E-state index is 6.16. The number of hydrogen-bond donors (Lipinski definition) is 1. The molecule has 0 amide bonds. The van der Waals surface area contributed by atoms with Gasteiger partial charge in [0.15, 0.2) is 0 Å². The lowest BCUT2D eigenvalue weighted by Crippen LogP contribution is -2.54. The Balaban J connectivity index is 1.48. The molecule has 122 valence electrons. The van der Waals surface area contributed by atoms with Crippen LogP contribution in [-0.2, 0) is 0 Å². The van der Waals surface area contributed by atoms with Gasteiger partial charge in [0.2, 0.25) is 5.88 Å². The van der Waals surface area contributed by atoms with E-state index in [0.29, 0.717) is 16.9 Å². The quantitative estimate of drug-likeness (QED) is 0.901. The van der Waals surface area contributed by atoms with Gasteiger partial charge in [0, 0.05) is 24.3 Å². The highest BCUT2D eigenvalue weighted by Crippen LogP contribution is 2.31. The highest BCUT2D eigenvalue weighted by molar-refractivity contribution is 6.31. The second-order valence-electron chi connectivity index (χ2n) is 6.57. The summed E-state index contributed by atoms with van der Waals surface area (Å²) in [6, 6.07) is 3.62. The molecule has 1 aliphatic heterocycles. The average Bonchev–Trinajstić information content (AvgIpc) is 2.51. The van der Waals surface area contributed by atoms with Crippen LogP contribution in [0.2, 0.25) is 5.02 Å². The van der Waals surface area contributed by atoms with E-state index in [1.54, 1.807) is 7.11 Å². The smallest absolute Gasteiger partial charge is 0.232 e. The number of nitrogens with one attached hydrogen (secondary N) is 1. The molecule has 3 rings (SSSR count).